The average molecular weight is 388 g/mol. The second kappa shape index (κ2) is 8.43. The number of para-hydroxylation sites is 1. The summed E-state index contributed by atoms with van der Waals surface area (Å²) in [6, 6.07) is 7.64. The molecule has 9 heteroatoms. The van der Waals surface area contributed by atoms with Gasteiger partial charge in [0.2, 0.25) is 17.0 Å². The standard InChI is InChI=1S/C18H24N6O2S/c1-3-12-6-4-5-7-14(12)20-15(25)10-23(2)16(26)11-27-18-22-21-17(24(18)19)13-8-9-13/h4-7,13H,3,8-11,19H2,1-2H3,(H,20,25). The number of nitrogen functional groups attached to an aromatic ring is 1. The van der Waals surface area contributed by atoms with Gasteiger partial charge in [-0.05, 0) is 30.9 Å². The molecule has 1 aromatic heterocycles. The molecule has 1 aliphatic carbocycles. The number of thioether (sulfide) groups is 1. The molecule has 2 amide bonds. The van der Waals surface area contributed by atoms with Crippen LogP contribution in [-0.2, 0) is 16.0 Å². The minimum Gasteiger partial charge on any atom is -0.336 e. The molecule has 2 aromatic rings. The lowest BCUT2D eigenvalue weighted by Crippen LogP contribution is -2.36. The largest absolute Gasteiger partial charge is 0.336 e. The predicted octanol–water partition coefficient (Wildman–Crippen LogP) is 1.62. The molecule has 3 rings (SSSR count). The molecule has 1 saturated carbocycles. The lowest BCUT2D eigenvalue weighted by molar-refractivity contribution is -0.131. The smallest absolute Gasteiger partial charge is 0.243 e. The van der Waals surface area contributed by atoms with Gasteiger partial charge in [0.05, 0.1) is 12.3 Å². The molecule has 1 aliphatic rings. The number of benzene rings is 1. The predicted molar refractivity (Wildman–Crippen MR) is 105 cm³/mol. The van der Waals surface area contributed by atoms with Gasteiger partial charge in [0.15, 0.2) is 5.82 Å². The van der Waals surface area contributed by atoms with Crippen molar-refractivity contribution >= 4 is 29.3 Å². The van der Waals surface area contributed by atoms with Gasteiger partial charge in [-0.3, -0.25) is 9.59 Å². The molecule has 0 atom stereocenters. The number of nitrogens with zero attached hydrogens (tertiary/aromatic N) is 4. The number of likely N-dealkylation sites (N-methyl/N-ethyl adjacent to an activating group) is 1. The lowest BCUT2D eigenvalue weighted by atomic mass is 10.1. The Morgan fingerprint density at radius 3 is 2.78 bits per heavy atom. The summed E-state index contributed by atoms with van der Waals surface area (Å²) in [7, 11) is 1.61. The van der Waals surface area contributed by atoms with Crippen LogP contribution < -0.4 is 11.2 Å². The van der Waals surface area contributed by atoms with Gasteiger partial charge in [0.1, 0.15) is 0 Å². The van der Waals surface area contributed by atoms with Gasteiger partial charge in [0.25, 0.3) is 0 Å². The van der Waals surface area contributed by atoms with Crippen molar-refractivity contribution in [3.05, 3.63) is 35.7 Å². The molecule has 3 N–H and O–H groups in total. The summed E-state index contributed by atoms with van der Waals surface area (Å²) in [6.07, 6.45) is 2.99. The summed E-state index contributed by atoms with van der Waals surface area (Å²) < 4.78 is 1.46. The van der Waals surface area contributed by atoms with Crippen LogP contribution in [0.3, 0.4) is 0 Å². The molecule has 0 saturated heterocycles. The molecule has 0 unspecified atom stereocenters. The average Bonchev–Trinajstić information content (AvgIpc) is 3.43. The van der Waals surface area contributed by atoms with E-state index >= 15 is 0 Å². The van der Waals surface area contributed by atoms with Crippen LogP contribution in [0, 0.1) is 0 Å². The third-order valence-corrected chi connectivity index (χ3v) is 5.36. The number of aryl methyl sites for hydroxylation is 1. The highest BCUT2D eigenvalue weighted by molar-refractivity contribution is 7.99. The zero-order chi connectivity index (χ0) is 19.4. The number of hydrogen-bond donors (Lipinski definition) is 2. The van der Waals surface area contributed by atoms with E-state index in [2.05, 4.69) is 15.5 Å². The summed E-state index contributed by atoms with van der Waals surface area (Å²) in [4.78, 5) is 26.0. The summed E-state index contributed by atoms with van der Waals surface area (Å²) in [5.41, 5.74) is 1.84. The third-order valence-electron chi connectivity index (χ3n) is 4.44. The van der Waals surface area contributed by atoms with Crippen molar-refractivity contribution in [1.82, 2.24) is 19.8 Å². The number of nitrogens with one attached hydrogen (secondary N) is 1. The first-order valence-electron chi connectivity index (χ1n) is 8.94. The fraction of sp³-hybridized carbons (Fsp3) is 0.444. The molecule has 8 nitrogen and oxygen atoms in total. The minimum atomic E-state index is -0.227. The van der Waals surface area contributed by atoms with E-state index in [9.17, 15) is 9.59 Å². The molecule has 0 spiro atoms. The molecule has 1 fully saturated rings. The van der Waals surface area contributed by atoms with Crippen LogP contribution in [0.15, 0.2) is 29.4 Å². The van der Waals surface area contributed by atoms with Crippen LogP contribution in [0.2, 0.25) is 0 Å². The molecule has 1 heterocycles. The molecule has 1 aromatic carbocycles. The summed E-state index contributed by atoms with van der Waals surface area (Å²) >= 11 is 1.23. The summed E-state index contributed by atoms with van der Waals surface area (Å²) in [5, 5.41) is 11.5. The molecular formula is C18H24N6O2S. The molecule has 0 radical (unpaired) electrons. The zero-order valence-electron chi connectivity index (χ0n) is 15.5. The minimum absolute atomic E-state index is 0.0138. The Balaban J connectivity index is 1.49. The number of carbonyl (C=O) groups is 2. The number of carbonyl (C=O) groups excluding carboxylic acids is 2. The maximum atomic E-state index is 12.3. The highest BCUT2D eigenvalue weighted by atomic mass is 32.2. The van der Waals surface area contributed by atoms with Crippen LogP contribution in [0.5, 0.6) is 0 Å². The first-order valence-corrected chi connectivity index (χ1v) is 9.93. The van der Waals surface area contributed by atoms with Crippen molar-refractivity contribution in [2.75, 3.05) is 30.5 Å². The Morgan fingerprint density at radius 1 is 1.33 bits per heavy atom. The van der Waals surface area contributed by atoms with Gasteiger partial charge in [-0.2, -0.15) is 0 Å². The first-order chi connectivity index (χ1) is 13.0. The van der Waals surface area contributed by atoms with Crippen LogP contribution in [-0.4, -0.2) is 50.9 Å². The maximum Gasteiger partial charge on any atom is 0.243 e. The van der Waals surface area contributed by atoms with E-state index in [1.807, 2.05) is 31.2 Å². The fourth-order valence-corrected chi connectivity index (χ4v) is 3.49. The quantitative estimate of drug-likeness (QED) is 0.526. The number of amides is 2. The van der Waals surface area contributed by atoms with Gasteiger partial charge in [-0.25, -0.2) is 4.68 Å². The van der Waals surface area contributed by atoms with Crippen LogP contribution in [0.4, 0.5) is 5.69 Å². The Hall–Kier alpha value is -2.55. The van der Waals surface area contributed by atoms with Crippen molar-refractivity contribution in [3.63, 3.8) is 0 Å². The molecular weight excluding hydrogens is 364 g/mol. The van der Waals surface area contributed by atoms with E-state index in [4.69, 9.17) is 5.84 Å². The van der Waals surface area contributed by atoms with E-state index in [0.717, 1.165) is 36.3 Å². The van der Waals surface area contributed by atoms with Crippen molar-refractivity contribution < 1.29 is 9.59 Å². The second-order valence-electron chi connectivity index (χ2n) is 6.58. The summed E-state index contributed by atoms with van der Waals surface area (Å²) in [5.74, 6) is 6.90. The second-order valence-corrected chi connectivity index (χ2v) is 7.52. The fourth-order valence-electron chi connectivity index (χ4n) is 2.69. The maximum absolute atomic E-state index is 12.3. The first kappa shape index (κ1) is 19.2. The van der Waals surface area contributed by atoms with Gasteiger partial charge < -0.3 is 16.1 Å². The molecule has 27 heavy (non-hydrogen) atoms. The number of aromatic nitrogens is 3. The van der Waals surface area contributed by atoms with Gasteiger partial charge in [0, 0.05) is 18.7 Å². The van der Waals surface area contributed by atoms with Crippen LogP contribution in [0.25, 0.3) is 0 Å². The van der Waals surface area contributed by atoms with Crippen molar-refractivity contribution in [3.8, 4) is 0 Å². The van der Waals surface area contributed by atoms with E-state index in [0.29, 0.717) is 11.1 Å². The van der Waals surface area contributed by atoms with E-state index in [1.165, 1.54) is 21.3 Å². The Morgan fingerprint density at radius 2 is 2.07 bits per heavy atom. The van der Waals surface area contributed by atoms with Gasteiger partial charge >= 0.3 is 0 Å². The number of hydrogen-bond acceptors (Lipinski definition) is 6. The lowest BCUT2D eigenvalue weighted by Gasteiger charge is -2.17. The monoisotopic (exact) mass is 388 g/mol. The molecule has 0 bridgehead atoms. The SMILES string of the molecule is CCc1ccccc1NC(=O)CN(C)C(=O)CSc1nnc(C2CC2)n1N. The molecule has 144 valence electrons. The van der Waals surface area contributed by atoms with E-state index < -0.39 is 0 Å². The highest BCUT2D eigenvalue weighted by Gasteiger charge is 2.30. The number of rotatable bonds is 8. The Kier molecular flexibility index (Phi) is 6.00. The van der Waals surface area contributed by atoms with E-state index in [-0.39, 0.29) is 24.1 Å². The Bertz CT molecular complexity index is 833. The topological polar surface area (TPSA) is 106 Å². The van der Waals surface area contributed by atoms with Crippen molar-refractivity contribution in [2.45, 2.75) is 37.3 Å². The van der Waals surface area contributed by atoms with E-state index in [1.54, 1.807) is 7.05 Å². The van der Waals surface area contributed by atoms with Crippen LogP contribution in [0.1, 0.15) is 37.1 Å². The normalized spacial score (nSPS) is 13.4. The van der Waals surface area contributed by atoms with Crippen molar-refractivity contribution in [1.29, 1.82) is 0 Å². The summed E-state index contributed by atoms with van der Waals surface area (Å²) in [6.45, 7) is 2.02. The van der Waals surface area contributed by atoms with Gasteiger partial charge in [-0.15, -0.1) is 10.2 Å². The molecule has 0 aliphatic heterocycles. The highest BCUT2D eigenvalue weighted by Crippen LogP contribution is 2.39. The third kappa shape index (κ3) is 4.79. The van der Waals surface area contributed by atoms with Crippen LogP contribution >= 0.6 is 11.8 Å². The number of anilines is 1. The number of nitrogens with two attached hydrogens (primary N) is 1. The zero-order valence-corrected chi connectivity index (χ0v) is 16.3. The van der Waals surface area contributed by atoms with Gasteiger partial charge in [-0.1, -0.05) is 36.9 Å². The Labute approximate surface area is 162 Å². The van der Waals surface area contributed by atoms with Crippen molar-refractivity contribution in [2.24, 2.45) is 0 Å².